The molecule has 0 spiro atoms. The highest BCUT2D eigenvalue weighted by Crippen LogP contribution is 2.38. The first-order chi connectivity index (χ1) is 34.9. The summed E-state index contributed by atoms with van der Waals surface area (Å²) >= 11 is 0. The van der Waals surface area contributed by atoms with Crippen LogP contribution in [0.25, 0.3) is 0 Å². The van der Waals surface area contributed by atoms with E-state index in [0.29, 0.717) is 17.4 Å². The number of carbonyl (C=O) groups is 2. The normalized spacial score (nSPS) is 13.9. The third kappa shape index (κ3) is 53.1. The van der Waals surface area contributed by atoms with Gasteiger partial charge >= 0.3 is 5.97 Å². The number of quaternary nitrogens is 1. The minimum Gasteiger partial charge on any atom is -0.756 e. The van der Waals surface area contributed by atoms with E-state index in [4.69, 9.17) is 13.8 Å². The summed E-state index contributed by atoms with van der Waals surface area (Å²) in [4.78, 5) is 39.9. The first-order valence-electron chi connectivity index (χ1n) is 30.8. The lowest BCUT2D eigenvalue weighted by molar-refractivity contribution is -0.870. The summed E-state index contributed by atoms with van der Waals surface area (Å²) in [5, 5.41) is 3.03. The number of likely N-dealkylation sites (N-methyl/N-ethyl adjacent to an activating group) is 1. The van der Waals surface area contributed by atoms with Crippen LogP contribution in [0.3, 0.4) is 0 Å². The molecule has 3 unspecified atom stereocenters. The van der Waals surface area contributed by atoms with Crippen molar-refractivity contribution in [3.05, 3.63) is 36.5 Å². The molecule has 72 heavy (non-hydrogen) atoms. The Labute approximate surface area is 446 Å². The van der Waals surface area contributed by atoms with Crippen LogP contribution in [0.2, 0.25) is 0 Å². The number of hydrogen-bond acceptors (Lipinski definition) is 7. The van der Waals surface area contributed by atoms with E-state index in [2.05, 4.69) is 50.4 Å². The molecule has 0 fully saturated rings. The Balaban J connectivity index is 5.27. The van der Waals surface area contributed by atoms with Crippen molar-refractivity contribution < 1.29 is 37.3 Å². The first kappa shape index (κ1) is 70.2. The molecule has 1 amide bonds. The molecule has 10 heteroatoms. The number of phosphoric ester groups is 1. The van der Waals surface area contributed by atoms with E-state index < -0.39 is 20.0 Å². The minimum atomic E-state index is -4.69. The van der Waals surface area contributed by atoms with Gasteiger partial charge in [0.2, 0.25) is 5.91 Å². The van der Waals surface area contributed by atoms with Gasteiger partial charge in [-0.1, -0.05) is 257 Å². The molecule has 1 N–H and O–H groups in total. The molecular weight excluding hydrogens is 916 g/mol. The summed E-state index contributed by atoms with van der Waals surface area (Å²) in [5.41, 5.74) is 0. The van der Waals surface area contributed by atoms with Gasteiger partial charge in [-0.3, -0.25) is 14.2 Å². The smallest absolute Gasteiger partial charge is 0.306 e. The van der Waals surface area contributed by atoms with Gasteiger partial charge in [0.1, 0.15) is 19.3 Å². The Morgan fingerprint density at radius 2 is 0.847 bits per heavy atom. The lowest BCUT2D eigenvalue weighted by Crippen LogP contribution is -2.47. The zero-order valence-corrected chi connectivity index (χ0v) is 49.3. The molecule has 9 nitrogen and oxygen atoms in total. The number of nitrogens with zero attached hydrogens (tertiary/aromatic N) is 1. The van der Waals surface area contributed by atoms with Gasteiger partial charge in [0.15, 0.2) is 0 Å². The molecule has 0 rings (SSSR count). The van der Waals surface area contributed by atoms with Crippen molar-refractivity contribution in [3.63, 3.8) is 0 Å². The molecule has 0 aromatic heterocycles. The largest absolute Gasteiger partial charge is 0.756 e. The van der Waals surface area contributed by atoms with Crippen molar-refractivity contribution in [3.8, 4) is 0 Å². The highest BCUT2D eigenvalue weighted by Gasteiger charge is 2.27. The number of carbonyl (C=O) groups excluding carboxylic acids is 2. The summed E-state index contributed by atoms with van der Waals surface area (Å²) in [5.74, 6) is -0.533. The van der Waals surface area contributed by atoms with Gasteiger partial charge in [0, 0.05) is 12.8 Å². The number of unbranched alkanes of at least 4 members (excludes halogenated alkanes) is 36. The van der Waals surface area contributed by atoms with Crippen molar-refractivity contribution >= 4 is 19.7 Å². The Bertz CT molecular complexity index is 1330. The summed E-state index contributed by atoms with van der Waals surface area (Å²) in [6.07, 6.45) is 62.4. The third-order valence-corrected chi connectivity index (χ3v) is 14.8. The van der Waals surface area contributed by atoms with Crippen LogP contribution in [-0.4, -0.2) is 69.4 Å². The van der Waals surface area contributed by atoms with E-state index in [9.17, 15) is 19.0 Å². The van der Waals surface area contributed by atoms with Gasteiger partial charge in [-0.2, -0.15) is 0 Å². The van der Waals surface area contributed by atoms with Crippen LogP contribution in [0.4, 0.5) is 0 Å². The molecule has 0 heterocycles. The molecule has 0 aromatic carbocycles. The average Bonchev–Trinajstić information content (AvgIpc) is 3.34. The standard InChI is InChI=1S/C62H119N2O7P/c1-7-10-13-16-19-22-25-28-30-31-32-33-34-36-39-42-45-48-51-54-61(65)63-59(58-70-72(67,68)69-57-56-64(4,5)6)60(53-50-47-44-41-38-35-27-24-21-18-15-12-9-3)71-62(66)55-52-49-46-43-40-37-29-26-23-20-17-14-11-8-2/h19,22,28,30,50,53,59-60H,7-18,20-21,23-27,29,31-49,51-52,54-58H2,1-6H3,(H-,63,65,67,68)/b22-19-,30-28-,53-50-. The SMILES string of the molecule is CCCCC/C=C\C/C=C\CCCCCCCCCCCC(=O)NC(COP(=O)([O-])OCC[N+](C)(C)C)C(/C=C\CCCCCCCCCCCCC)OC(=O)CCCCCCCCCCCCCCCC. The Kier molecular flexibility index (Phi) is 51.4. The minimum absolute atomic E-state index is 0.0209. The van der Waals surface area contributed by atoms with E-state index in [1.807, 2.05) is 33.3 Å². The number of phosphoric acid groups is 1. The molecule has 0 saturated heterocycles. The topological polar surface area (TPSA) is 114 Å². The van der Waals surface area contributed by atoms with Crippen molar-refractivity contribution in [2.75, 3.05) is 40.9 Å². The summed E-state index contributed by atoms with van der Waals surface area (Å²) < 4.78 is 30.3. The number of hydrogen-bond donors (Lipinski definition) is 1. The Morgan fingerprint density at radius 1 is 0.486 bits per heavy atom. The molecule has 0 aliphatic heterocycles. The summed E-state index contributed by atoms with van der Waals surface area (Å²) in [6.45, 7) is 6.85. The quantitative estimate of drug-likeness (QED) is 0.0212. The van der Waals surface area contributed by atoms with Crippen LogP contribution in [0, 0.1) is 0 Å². The van der Waals surface area contributed by atoms with Crippen LogP contribution in [0.15, 0.2) is 36.5 Å². The molecule has 424 valence electrons. The first-order valence-corrected chi connectivity index (χ1v) is 32.3. The lowest BCUT2D eigenvalue weighted by atomic mass is 10.0. The number of allylic oxidation sites excluding steroid dienone is 5. The number of rotatable bonds is 56. The van der Waals surface area contributed by atoms with Gasteiger partial charge < -0.3 is 28.5 Å². The van der Waals surface area contributed by atoms with Gasteiger partial charge in [-0.05, 0) is 63.9 Å². The highest BCUT2D eigenvalue weighted by molar-refractivity contribution is 7.45. The summed E-state index contributed by atoms with van der Waals surface area (Å²) in [6, 6.07) is -0.886. The monoisotopic (exact) mass is 1030 g/mol. The molecular formula is C62H119N2O7P. The second-order valence-electron chi connectivity index (χ2n) is 22.2. The molecule has 0 radical (unpaired) electrons. The molecule has 0 aliphatic carbocycles. The maximum absolute atomic E-state index is 13.5. The molecule has 0 saturated carbocycles. The highest BCUT2D eigenvalue weighted by atomic mass is 31.2. The van der Waals surface area contributed by atoms with Crippen molar-refractivity contribution in [2.24, 2.45) is 0 Å². The van der Waals surface area contributed by atoms with Crippen molar-refractivity contribution in [1.29, 1.82) is 0 Å². The van der Waals surface area contributed by atoms with Crippen LogP contribution in [0.5, 0.6) is 0 Å². The van der Waals surface area contributed by atoms with Crippen LogP contribution in [-0.2, 0) is 27.9 Å². The number of ether oxygens (including phenoxy) is 1. The van der Waals surface area contributed by atoms with Crippen molar-refractivity contribution in [1.82, 2.24) is 5.32 Å². The van der Waals surface area contributed by atoms with Gasteiger partial charge in [0.05, 0.1) is 33.8 Å². The molecule has 0 bridgehead atoms. The Morgan fingerprint density at radius 3 is 1.28 bits per heavy atom. The fourth-order valence-electron chi connectivity index (χ4n) is 9.02. The van der Waals surface area contributed by atoms with Crippen molar-refractivity contribution in [2.45, 2.75) is 309 Å². The van der Waals surface area contributed by atoms with E-state index >= 15 is 0 Å². The molecule has 3 atom stereocenters. The maximum Gasteiger partial charge on any atom is 0.306 e. The van der Waals surface area contributed by atoms with E-state index in [-0.39, 0.29) is 31.5 Å². The van der Waals surface area contributed by atoms with Gasteiger partial charge in [-0.15, -0.1) is 0 Å². The van der Waals surface area contributed by atoms with Crippen LogP contribution >= 0.6 is 7.82 Å². The molecule has 0 aromatic rings. The fraction of sp³-hybridized carbons (Fsp3) is 0.871. The van der Waals surface area contributed by atoms with Crippen LogP contribution in [0.1, 0.15) is 297 Å². The zero-order valence-electron chi connectivity index (χ0n) is 48.4. The number of esters is 1. The number of amides is 1. The Hall–Kier alpha value is -1.77. The van der Waals surface area contributed by atoms with E-state index in [1.165, 1.54) is 186 Å². The summed E-state index contributed by atoms with van der Waals surface area (Å²) in [7, 11) is 1.19. The maximum atomic E-state index is 13.5. The van der Waals surface area contributed by atoms with Gasteiger partial charge in [-0.25, -0.2) is 0 Å². The fourth-order valence-corrected chi connectivity index (χ4v) is 9.75. The van der Waals surface area contributed by atoms with E-state index in [0.717, 1.165) is 77.0 Å². The van der Waals surface area contributed by atoms with Gasteiger partial charge in [0.25, 0.3) is 7.82 Å². The zero-order chi connectivity index (χ0) is 52.9. The number of nitrogens with one attached hydrogen (secondary N) is 1. The average molecular weight is 1040 g/mol. The predicted octanol–water partition coefficient (Wildman–Crippen LogP) is 18.1. The second-order valence-corrected chi connectivity index (χ2v) is 23.6. The van der Waals surface area contributed by atoms with E-state index in [1.54, 1.807) is 0 Å². The molecule has 0 aliphatic rings. The third-order valence-electron chi connectivity index (χ3n) is 13.8. The van der Waals surface area contributed by atoms with Crippen LogP contribution < -0.4 is 10.2 Å². The lowest BCUT2D eigenvalue weighted by Gasteiger charge is -2.30. The second kappa shape index (κ2) is 52.7. The predicted molar refractivity (Wildman–Crippen MR) is 307 cm³/mol.